The number of hydrogen-bond acceptors (Lipinski definition) is 3. The van der Waals surface area contributed by atoms with Crippen molar-refractivity contribution in [2.45, 2.75) is 45.6 Å². The summed E-state index contributed by atoms with van der Waals surface area (Å²) in [6.07, 6.45) is 6.66. The van der Waals surface area contributed by atoms with Crippen LogP contribution in [0.2, 0.25) is 0 Å². The normalized spacial score (nSPS) is 19.2. The molecule has 102 valence electrons. The van der Waals surface area contributed by atoms with E-state index in [4.69, 9.17) is 4.42 Å². The quantitative estimate of drug-likeness (QED) is 0.754. The zero-order chi connectivity index (χ0) is 12.8. The summed E-state index contributed by atoms with van der Waals surface area (Å²) in [5.41, 5.74) is 1.39. The van der Waals surface area contributed by atoms with Crippen molar-refractivity contribution in [1.82, 2.24) is 10.2 Å². The summed E-state index contributed by atoms with van der Waals surface area (Å²) in [7, 11) is 0. The molecule has 1 unspecified atom stereocenters. The van der Waals surface area contributed by atoms with Gasteiger partial charge >= 0.3 is 0 Å². The molecular formula is C15H26N2O. The van der Waals surface area contributed by atoms with E-state index in [9.17, 15) is 0 Å². The van der Waals surface area contributed by atoms with Crippen molar-refractivity contribution in [3.8, 4) is 0 Å². The standard InChI is InChI=1S/C15H26N2O/c1-3-17(4-2)11-6-10-16-14-7-5-8-15-13(14)9-12-18-15/h9,12,14,16H,3-8,10-11H2,1-2H3. The maximum absolute atomic E-state index is 5.52. The molecule has 1 aromatic rings. The van der Waals surface area contributed by atoms with Gasteiger partial charge in [0.25, 0.3) is 0 Å². The molecule has 0 spiro atoms. The van der Waals surface area contributed by atoms with Gasteiger partial charge in [-0.1, -0.05) is 13.8 Å². The summed E-state index contributed by atoms with van der Waals surface area (Å²) >= 11 is 0. The van der Waals surface area contributed by atoms with Gasteiger partial charge in [0, 0.05) is 18.0 Å². The van der Waals surface area contributed by atoms with Gasteiger partial charge in [-0.25, -0.2) is 0 Å². The molecule has 3 nitrogen and oxygen atoms in total. The number of nitrogens with one attached hydrogen (secondary N) is 1. The smallest absolute Gasteiger partial charge is 0.108 e. The van der Waals surface area contributed by atoms with E-state index >= 15 is 0 Å². The maximum Gasteiger partial charge on any atom is 0.108 e. The number of hydrogen-bond donors (Lipinski definition) is 1. The van der Waals surface area contributed by atoms with Crippen molar-refractivity contribution in [3.05, 3.63) is 23.7 Å². The van der Waals surface area contributed by atoms with Crippen LogP contribution in [-0.2, 0) is 6.42 Å². The van der Waals surface area contributed by atoms with Gasteiger partial charge < -0.3 is 14.6 Å². The molecule has 0 amide bonds. The van der Waals surface area contributed by atoms with Crippen LogP contribution in [0, 0.1) is 0 Å². The van der Waals surface area contributed by atoms with Crippen molar-refractivity contribution in [2.24, 2.45) is 0 Å². The van der Waals surface area contributed by atoms with E-state index in [2.05, 4.69) is 30.1 Å². The molecule has 1 heterocycles. The summed E-state index contributed by atoms with van der Waals surface area (Å²) in [6.45, 7) is 9.08. The molecule has 1 atom stereocenters. The fourth-order valence-corrected chi connectivity index (χ4v) is 2.82. The lowest BCUT2D eigenvalue weighted by atomic mass is 9.93. The van der Waals surface area contributed by atoms with E-state index in [-0.39, 0.29) is 0 Å². The van der Waals surface area contributed by atoms with E-state index in [1.54, 1.807) is 0 Å². The first-order chi connectivity index (χ1) is 8.85. The van der Waals surface area contributed by atoms with Crippen molar-refractivity contribution in [2.75, 3.05) is 26.2 Å². The van der Waals surface area contributed by atoms with Gasteiger partial charge in [0.1, 0.15) is 5.76 Å². The zero-order valence-corrected chi connectivity index (χ0v) is 11.7. The number of nitrogens with zero attached hydrogens (tertiary/aromatic N) is 1. The Morgan fingerprint density at radius 3 is 3.00 bits per heavy atom. The lowest BCUT2D eigenvalue weighted by Gasteiger charge is -2.24. The molecule has 0 saturated carbocycles. The summed E-state index contributed by atoms with van der Waals surface area (Å²) < 4.78 is 5.52. The number of furan rings is 1. The van der Waals surface area contributed by atoms with E-state index in [1.807, 2.05) is 6.26 Å². The minimum absolute atomic E-state index is 0.518. The van der Waals surface area contributed by atoms with Crippen LogP contribution in [0.4, 0.5) is 0 Å². The van der Waals surface area contributed by atoms with Gasteiger partial charge in [-0.3, -0.25) is 0 Å². The summed E-state index contributed by atoms with van der Waals surface area (Å²) in [6, 6.07) is 2.65. The van der Waals surface area contributed by atoms with Gasteiger partial charge in [0.2, 0.25) is 0 Å². The third-order valence-corrected chi connectivity index (χ3v) is 3.99. The molecule has 0 radical (unpaired) electrons. The van der Waals surface area contributed by atoms with Crippen LogP contribution >= 0.6 is 0 Å². The highest BCUT2D eigenvalue weighted by Crippen LogP contribution is 2.30. The van der Waals surface area contributed by atoms with Crippen LogP contribution < -0.4 is 5.32 Å². The third-order valence-electron chi connectivity index (χ3n) is 3.99. The van der Waals surface area contributed by atoms with Crippen molar-refractivity contribution in [3.63, 3.8) is 0 Å². The van der Waals surface area contributed by atoms with Gasteiger partial charge in [0.05, 0.1) is 6.26 Å². The van der Waals surface area contributed by atoms with Crippen LogP contribution in [-0.4, -0.2) is 31.1 Å². The van der Waals surface area contributed by atoms with E-state index in [0.717, 1.165) is 26.1 Å². The molecule has 18 heavy (non-hydrogen) atoms. The predicted molar refractivity (Wildman–Crippen MR) is 74.8 cm³/mol. The first-order valence-electron chi connectivity index (χ1n) is 7.37. The Kier molecular flexibility index (Phi) is 5.26. The molecule has 0 aliphatic heterocycles. The average Bonchev–Trinajstić information content (AvgIpc) is 2.88. The van der Waals surface area contributed by atoms with Crippen molar-refractivity contribution < 1.29 is 4.42 Å². The molecular weight excluding hydrogens is 224 g/mol. The second-order valence-electron chi connectivity index (χ2n) is 5.08. The molecule has 1 aliphatic rings. The number of aryl methyl sites for hydroxylation is 1. The molecule has 1 aliphatic carbocycles. The Balaban J connectivity index is 1.72. The Labute approximate surface area is 111 Å². The fourth-order valence-electron chi connectivity index (χ4n) is 2.82. The average molecular weight is 250 g/mol. The Hall–Kier alpha value is -0.800. The summed E-state index contributed by atoms with van der Waals surface area (Å²) in [5.74, 6) is 1.20. The van der Waals surface area contributed by atoms with Gasteiger partial charge in [-0.2, -0.15) is 0 Å². The highest BCUT2D eigenvalue weighted by atomic mass is 16.3. The molecule has 0 fully saturated rings. The summed E-state index contributed by atoms with van der Waals surface area (Å²) in [5, 5.41) is 3.68. The minimum atomic E-state index is 0.518. The summed E-state index contributed by atoms with van der Waals surface area (Å²) in [4.78, 5) is 2.48. The number of rotatable bonds is 7. The maximum atomic E-state index is 5.52. The van der Waals surface area contributed by atoms with Crippen LogP contribution in [0.25, 0.3) is 0 Å². The second kappa shape index (κ2) is 6.95. The zero-order valence-electron chi connectivity index (χ0n) is 11.7. The topological polar surface area (TPSA) is 28.4 Å². The largest absolute Gasteiger partial charge is 0.469 e. The Morgan fingerprint density at radius 1 is 1.39 bits per heavy atom. The fraction of sp³-hybridized carbons (Fsp3) is 0.733. The van der Waals surface area contributed by atoms with E-state index in [0.29, 0.717) is 6.04 Å². The van der Waals surface area contributed by atoms with Crippen LogP contribution in [0.3, 0.4) is 0 Å². The first-order valence-corrected chi connectivity index (χ1v) is 7.37. The molecule has 2 rings (SSSR count). The van der Waals surface area contributed by atoms with Crippen LogP contribution in [0.1, 0.15) is 50.5 Å². The van der Waals surface area contributed by atoms with E-state index < -0.39 is 0 Å². The predicted octanol–water partition coefficient (Wildman–Crippen LogP) is 2.98. The molecule has 1 N–H and O–H groups in total. The molecule has 0 bridgehead atoms. The highest BCUT2D eigenvalue weighted by molar-refractivity contribution is 5.23. The third kappa shape index (κ3) is 3.36. The number of fused-ring (bicyclic) bond motifs is 1. The van der Waals surface area contributed by atoms with Crippen molar-refractivity contribution >= 4 is 0 Å². The molecule has 0 aromatic carbocycles. The minimum Gasteiger partial charge on any atom is -0.469 e. The Morgan fingerprint density at radius 2 is 2.22 bits per heavy atom. The van der Waals surface area contributed by atoms with Crippen molar-refractivity contribution in [1.29, 1.82) is 0 Å². The lowest BCUT2D eigenvalue weighted by molar-refractivity contribution is 0.293. The monoisotopic (exact) mass is 250 g/mol. The highest BCUT2D eigenvalue weighted by Gasteiger charge is 2.21. The molecule has 3 heteroatoms. The SMILES string of the molecule is CCN(CC)CCCNC1CCCc2occc21. The van der Waals surface area contributed by atoms with Gasteiger partial charge in [0.15, 0.2) is 0 Å². The lowest BCUT2D eigenvalue weighted by Crippen LogP contribution is -2.29. The van der Waals surface area contributed by atoms with Crippen LogP contribution in [0.5, 0.6) is 0 Å². The Bertz CT molecular complexity index is 344. The van der Waals surface area contributed by atoms with Gasteiger partial charge in [-0.05, 0) is 51.5 Å². The molecule has 0 saturated heterocycles. The van der Waals surface area contributed by atoms with E-state index in [1.165, 1.54) is 37.1 Å². The van der Waals surface area contributed by atoms with Crippen LogP contribution in [0.15, 0.2) is 16.7 Å². The first kappa shape index (κ1) is 13.6. The molecule has 1 aromatic heterocycles. The van der Waals surface area contributed by atoms with Gasteiger partial charge in [-0.15, -0.1) is 0 Å². The second-order valence-corrected chi connectivity index (χ2v) is 5.08.